The van der Waals surface area contributed by atoms with E-state index < -0.39 is 5.97 Å². The first kappa shape index (κ1) is 16.0. The van der Waals surface area contributed by atoms with Gasteiger partial charge < -0.3 is 10.4 Å². The fraction of sp³-hybridized carbons (Fsp3) is 0.750. The first-order valence-corrected chi connectivity index (χ1v) is 7.57. The molecule has 0 aliphatic heterocycles. The van der Waals surface area contributed by atoms with Crippen molar-refractivity contribution in [3.05, 3.63) is 17.5 Å². The van der Waals surface area contributed by atoms with Crippen molar-refractivity contribution in [1.82, 2.24) is 15.1 Å². The van der Waals surface area contributed by atoms with E-state index in [9.17, 15) is 9.90 Å². The van der Waals surface area contributed by atoms with Gasteiger partial charge >= 0.3 is 5.97 Å². The Labute approximate surface area is 126 Å². The summed E-state index contributed by atoms with van der Waals surface area (Å²) < 4.78 is 1.65. The maximum atomic E-state index is 11.2. The highest BCUT2D eigenvalue weighted by molar-refractivity contribution is 5.88. The zero-order valence-electron chi connectivity index (χ0n) is 13.7. The molecular weight excluding hydrogens is 266 g/mol. The minimum absolute atomic E-state index is 0.291. The summed E-state index contributed by atoms with van der Waals surface area (Å²) in [6.07, 6.45) is 4.89. The number of aryl methyl sites for hydroxylation is 1. The molecule has 21 heavy (non-hydrogen) atoms. The van der Waals surface area contributed by atoms with Crippen molar-refractivity contribution >= 4 is 5.97 Å². The first-order valence-electron chi connectivity index (χ1n) is 7.57. The summed E-state index contributed by atoms with van der Waals surface area (Å²) in [5.74, 6) is -0.913. The number of rotatable bonds is 4. The van der Waals surface area contributed by atoms with Gasteiger partial charge in [0.05, 0.1) is 11.9 Å². The van der Waals surface area contributed by atoms with Crippen molar-refractivity contribution in [1.29, 1.82) is 0 Å². The predicted octanol–water partition coefficient (Wildman–Crippen LogP) is 2.81. The molecule has 1 fully saturated rings. The van der Waals surface area contributed by atoms with Gasteiger partial charge in [-0.1, -0.05) is 27.7 Å². The van der Waals surface area contributed by atoms with Gasteiger partial charge in [0.25, 0.3) is 0 Å². The van der Waals surface area contributed by atoms with Crippen LogP contribution in [0.3, 0.4) is 0 Å². The third kappa shape index (κ3) is 3.84. The van der Waals surface area contributed by atoms with Crippen molar-refractivity contribution in [2.24, 2.45) is 17.9 Å². The van der Waals surface area contributed by atoms with E-state index in [2.05, 4.69) is 38.1 Å². The van der Waals surface area contributed by atoms with E-state index in [0.29, 0.717) is 29.0 Å². The maximum absolute atomic E-state index is 11.2. The molecule has 1 aliphatic rings. The molecule has 1 heterocycles. The molecular formula is C16H27N3O2. The number of aromatic carboxylic acids is 1. The number of aromatic nitrogens is 2. The summed E-state index contributed by atoms with van der Waals surface area (Å²) in [7, 11) is 1.79. The van der Waals surface area contributed by atoms with Crippen LogP contribution in [0.25, 0.3) is 0 Å². The van der Waals surface area contributed by atoms with Gasteiger partial charge in [-0.3, -0.25) is 4.68 Å². The fourth-order valence-electron chi connectivity index (χ4n) is 4.08. The van der Waals surface area contributed by atoms with Crippen molar-refractivity contribution in [3.8, 4) is 0 Å². The van der Waals surface area contributed by atoms with Gasteiger partial charge in [0, 0.05) is 19.6 Å². The van der Waals surface area contributed by atoms with Gasteiger partial charge in [-0.15, -0.1) is 0 Å². The normalized spacial score (nSPS) is 21.4. The Morgan fingerprint density at radius 3 is 2.48 bits per heavy atom. The average Bonchev–Trinajstić information content (AvgIpc) is 2.64. The van der Waals surface area contributed by atoms with Crippen LogP contribution in [0, 0.1) is 10.8 Å². The predicted molar refractivity (Wildman–Crippen MR) is 82.2 cm³/mol. The van der Waals surface area contributed by atoms with Gasteiger partial charge in [-0.2, -0.15) is 5.10 Å². The maximum Gasteiger partial charge on any atom is 0.339 e. The molecule has 2 rings (SSSR count). The Morgan fingerprint density at radius 1 is 1.38 bits per heavy atom. The standard InChI is InChI=1S/C16H27N3O2/c1-15(2)6-11(7-16(3,4)10-15)17-9-13-12(14(20)21)8-18-19(13)5/h8,11,17H,6-7,9-10H2,1-5H3,(H,20,21). The third-order valence-electron chi connectivity index (χ3n) is 4.41. The number of nitrogens with one attached hydrogen (secondary N) is 1. The lowest BCUT2D eigenvalue weighted by atomic mass is 9.63. The summed E-state index contributed by atoms with van der Waals surface area (Å²) in [5.41, 5.74) is 1.67. The van der Waals surface area contributed by atoms with Crippen LogP contribution in [0.1, 0.15) is 63.0 Å². The molecule has 118 valence electrons. The fourth-order valence-corrected chi connectivity index (χ4v) is 4.08. The second kappa shape index (κ2) is 5.44. The van der Waals surface area contributed by atoms with E-state index in [1.54, 1.807) is 11.7 Å². The molecule has 0 unspecified atom stereocenters. The lowest BCUT2D eigenvalue weighted by Crippen LogP contribution is -2.43. The van der Waals surface area contributed by atoms with E-state index in [1.165, 1.54) is 12.6 Å². The molecule has 0 spiro atoms. The van der Waals surface area contributed by atoms with E-state index in [-0.39, 0.29) is 0 Å². The second-order valence-corrected chi connectivity index (χ2v) is 7.92. The highest BCUT2D eigenvalue weighted by atomic mass is 16.4. The summed E-state index contributed by atoms with van der Waals surface area (Å²) >= 11 is 0. The topological polar surface area (TPSA) is 67.2 Å². The Hall–Kier alpha value is -1.36. The SMILES string of the molecule is Cn1ncc(C(=O)O)c1CNC1CC(C)(C)CC(C)(C)C1. The molecule has 5 nitrogen and oxygen atoms in total. The van der Waals surface area contributed by atoms with Crippen molar-refractivity contribution in [3.63, 3.8) is 0 Å². The van der Waals surface area contributed by atoms with E-state index in [1.807, 2.05) is 0 Å². The summed E-state index contributed by atoms with van der Waals surface area (Å²) in [4.78, 5) is 11.2. The Balaban J connectivity index is 2.06. The van der Waals surface area contributed by atoms with Gasteiger partial charge in [0.2, 0.25) is 0 Å². The van der Waals surface area contributed by atoms with Gasteiger partial charge in [0.15, 0.2) is 0 Å². The minimum Gasteiger partial charge on any atom is -0.478 e. The van der Waals surface area contributed by atoms with Crippen LogP contribution < -0.4 is 5.32 Å². The van der Waals surface area contributed by atoms with Crippen molar-refractivity contribution in [2.75, 3.05) is 0 Å². The Morgan fingerprint density at radius 2 is 1.95 bits per heavy atom. The van der Waals surface area contributed by atoms with Crippen LogP contribution >= 0.6 is 0 Å². The highest BCUT2D eigenvalue weighted by Gasteiger charge is 2.38. The highest BCUT2D eigenvalue weighted by Crippen LogP contribution is 2.45. The van der Waals surface area contributed by atoms with Crippen molar-refractivity contribution < 1.29 is 9.90 Å². The molecule has 0 amide bonds. The Kier molecular flexibility index (Phi) is 4.15. The van der Waals surface area contributed by atoms with Crippen LogP contribution in [0.15, 0.2) is 6.20 Å². The minimum atomic E-state index is -0.913. The van der Waals surface area contributed by atoms with Gasteiger partial charge in [0.1, 0.15) is 5.56 Å². The smallest absolute Gasteiger partial charge is 0.339 e. The monoisotopic (exact) mass is 293 g/mol. The van der Waals surface area contributed by atoms with Crippen LogP contribution in [0.2, 0.25) is 0 Å². The molecule has 0 saturated heterocycles. The van der Waals surface area contributed by atoms with Crippen molar-refractivity contribution in [2.45, 2.75) is 59.5 Å². The van der Waals surface area contributed by atoms with Gasteiger partial charge in [-0.25, -0.2) is 4.79 Å². The third-order valence-corrected chi connectivity index (χ3v) is 4.41. The lowest BCUT2D eigenvalue weighted by Gasteiger charge is -2.45. The van der Waals surface area contributed by atoms with Crippen LogP contribution in [0.5, 0.6) is 0 Å². The van der Waals surface area contributed by atoms with Crippen LogP contribution in [-0.2, 0) is 13.6 Å². The summed E-state index contributed by atoms with van der Waals surface area (Å²) in [6, 6.07) is 0.417. The number of hydrogen-bond donors (Lipinski definition) is 2. The molecule has 0 aromatic carbocycles. The molecule has 0 radical (unpaired) electrons. The largest absolute Gasteiger partial charge is 0.478 e. The molecule has 1 aliphatic carbocycles. The molecule has 0 bridgehead atoms. The molecule has 5 heteroatoms. The van der Waals surface area contributed by atoms with Crippen LogP contribution in [-0.4, -0.2) is 26.9 Å². The Bertz CT molecular complexity index is 516. The zero-order valence-corrected chi connectivity index (χ0v) is 13.7. The molecule has 1 saturated carbocycles. The van der Waals surface area contributed by atoms with E-state index >= 15 is 0 Å². The van der Waals surface area contributed by atoms with Gasteiger partial charge in [-0.05, 0) is 30.1 Å². The number of nitrogens with zero attached hydrogens (tertiary/aromatic N) is 2. The zero-order chi connectivity index (χ0) is 15.8. The van der Waals surface area contributed by atoms with E-state index in [0.717, 1.165) is 18.5 Å². The summed E-state index contributed by atoms with van der Waals surface area (Å²) in [5, 5.41) is 16.8. The van der Waals surface area contributed by atoms with Crippen LogP contribution in [0.4, 0.5) is 0 Å². The average molecular weight is 293 g/mol. The quantitative estimate of drug-likeness (QED) is 0.896. The molecule has 0 atom stereocenters. The number of carboxylic acids is 1. The summed E-state index contributed by atoms with van der Waals surface area (Å²) in [6.45, 7) is 9.81. The second-order valence-electron chi connectivity index (χ2n) is 7.92. The molecule has 1 aromatic heterocycles. The number of carbonyl (C=O) groups is 1. The number of hydrogen-bond acceptors (Lipinski definition) is 3. The first-order chi connectivity index (χ1) is 9.60. The lowest BCUT2D eigenvalue weighted by molar-refractivity contribution is 0.0692. The number of carboxylic acid groups (broad SMARTS) is 1. The molecule has 1 aromatic rings. The molecule has 2 N–H and O–H groups in total. The van der Waals surface area contributed by atoms with E-state index in [4.69, 9.17) is 0 Å².